The van der Waals surface area contributed by atoms with Crippen molar-refractivity contribution in [2.45, 2.75) is 32.4 Å². The number of amides is 2. The molecule has 0 saturated heterocycles. The molecule has 180 valence electrons. The second-order valence-corrected chi connectivity index (χ2v) is 8.56. The van der Waals surface area contributed by atoms with E-state index in [0.717, 1.165) is 11.1 Å². The highest BCUT2D eigenvalue weighted by atomic mass is 16.5. The number of fused-ring (bicyclic) bond motifs is 1. The Morgan fingerprint density at radius 1 is 1.09 bits per heavy atom. The molecule has 35 heavy (non-hydrogen) atoms. The first kappa shape index (κ1) is 24.1. The minimum absolute atomic E-state index is 0.121. The quantitative estimate of drug-likeness (QED) is 0.388. The van der Waals surface area contributed by atoms with Crippen LogP contribution in [0.3, 0.4) is 0 Å². The maximum absolute atomic E-state index is 13.4. The summed E-state index contributed by atoms with van der Waals surface area (Å²) >= 11 is 0. The first-order chi connectivity index (χ1) is 16.9. The summed E-state index contributed by atoms with van der Waals surface area (Å²) in [5.74, 6) is 0.283. The standard InChI is InChI=1S/C27H29N5O3/c1-18(12-20-10-7-11-28-16-20)29-27(34)22-14-21(30-25(33)13-19-8-5-4-6-9-19)15-23-26(22)32(2)24(31-23)17-35-3/h4-11,14-16,18H,12-13,17H2,1-3H3,(H,29,34)(H,30,33). The van der Waals surface area contributed by atoms with Gasteiger partial charge in [0, 0.05) is 38.3 Å². The Kier molecular flexibility index (Phi) is 7.52. The molecule has 0 saturated carbocycles. The van der Waals surface area contributed by atoms with Gasteiger partial charge in [-0.25, -0.2) is 4.98 Å². The van der Waals surface area contributed by atoms with Gasteiger partial charge < -0.3 is 19.9 Å². The van der Waals surface area contributed by atoms with Crippen molar-refractivity contribution in [3.8, 4) is 0 Å². The predicted molar refractivity (Wildman–Crippen MR) is 135 cm³/mol. The molecule has 0 aliphatic heterocycles. The Bertz CT molecular complexity index is 1320. The number of benzene rings is 2. The van der Waals surface area contributed by atoms with Crippen LogP contribution in [-0.4, -0.2) is 39.5 Å². The maximum Gasteiger partial charge on any atom is 0.253 e. The van der Waals surface area contributed by atoms with Gasteiger partial charge in [-0.3, -0.25) is 14.6 Å². The van der Waals surface area contributed by atoms with Crippen molar-refractivity contribution in [3.63, 3.8) is 0 Å². The van der Waals surface area contributed by atoms with E-state index in [4.69, 9.17) is 4.74 Å². The number of aryl methyl sites for hydroxylation is 1. The van der Waals surface area contributed by atoms with Crippen molar-refractivity contribution in [3.05, 3.63) is 89.5 Å². The zero-order chi connectivity index (χ0) is 24.8. The number of imidazole rings is 1. The van der Waals surface area contributed by atoms with Crippen LogP contribution in [0.4, 0.5) is 5.69 Å². The Morgan fingerprint density at radius 2 is 1.86 bits per heavy atom. The fourth-order valence-electron chi connectivity index (χ4n) is 4.11. The second kappa shape index (κ2) is 10.9. The number of rotatable bonds is 9. The monoisotopic (exact) mass is 471 g/mol. The van der Waals surface area contributed by atoms with Gasteiger partial charge in [0.2, 0.25) is 5.91 Å². The van der Waals surface area contributed by atoms with Crippen molar-refractivity contribution >= 4 is 28.5 Å². The lowest BCUT2D eigenvalue weighted by molar-refractivity contribution is -0.115. The highest BCUT2D eigenvalue weighted by molar-refractivity contribution is 6.08. The molecule has 2 heterocycles. The summed E-state index contributed by atoms with van der Waals surface area (Å²) in [5, 5.41) is 6.00. The fraction of sp³-hybridized carbons (Fsp3) is 0.259. The number of carbonyl (C=O) groups excluding carboxylic acids is 2. The van der Waals surface area contributed by atoms with Crippen LogP contribution in [0.2, 0.25) is 0 Å². The summed E-state index contributed by atoms with van der Waals surface area (Å²) in [5.41, 5.74) is 4.20. The lowest BCUT2D eigenvalue weighted by atomic mass is 10.1. The lowest BCUT2D eigenvalue weighted by Crippen LogP contribution is -2.34. The van der Waals surface area contributed by atoms with Gasteiger partial charge in [-0.2, -0.15) is 0 Å². The van der Waals surface area contributed by atoms with Crippen LogP contribution in [0.25, 0.3) is 11.0 Å². The van der Waals surface area contributed by atoms with Crippen LogP contribution in [0, 0.1) is 0 Å². The molecule has 8 nitrogen and oxygen atoms in total. The maximum atomic E-state index is 13.4. The Balaban J connectivity index is 1.61. The molecular weight excluding hydrogens is 442 g/mol. The number of hydrogen-bond acceptors (Lipinski definition) is 5. The Labute approximate surface area is 204 Å². The van der Waals surface area contributed by atoms with Crippen LogP contribution < -0.4 is 10.6 Å². The largest absolute Gasteiger partial charge is 0.377 e. The van der Waals surface area contributed by atoms with Gasteiger partial charge in [0.25, 0.3) is 5.91 Å². The summed E-state index contributed by atoms with van der Waals surface area (Å²) in [6.07, 6.45) is 4.40. The van der Waals surface area contributed by atoms with E-state index in [2.05, 4.69) is 20.6 Å². The van der Waals surface area contributed by atoms with Gasteiger partial charge in [-0.1, -0.05) is 36.4 Å². The molecule has 2 N–H and O–H groups in total. The summed E-state index contributed by atoms with van der Waals surface area (Å²) < 4.78 is 7.13. The topological polar surface area (TPSA) is 98.1 Å². The van der Waals surface area contributed by atoms with E-state index >= 15 is 0 Å². The van der Waals surface area contributed by atoms with Crippen molar-refractivity contribution < 1.29 is 14.3 Å². The Hall–Kier alpha value is -4.04. The third-order valence-corrected chi connectivity index (χ3v) is 5.71. The van der Waals surface area contributed by atoms with Crippen LogP contribution in [0.1, 0.15) is 34.2 Å². The average molecular weight is 472 g/mol. The second-order valence-electron chi connectivity index (χ2n) is 8.56. The molecule has 0 radical (unpaired) electrons. The molecule has 0 aliphatic rings. The van der Waals surface area contributed by atoms with E-state index in [1.807, 2.05) is 61.0 Å². The van der Waals surface area contributed by atoms with Crippen LogP contribution >= 0.6 is 0 Å². The summed E-state index contributed by atoms with van der Waals surface area (Å²) in [7, 11) is 3.45. The molecule has 4 rings (SSSR count). The first-order valence-corrected chi connectivity index (χ1v) is 11.5. The number of anilines is 1. The minimum atomic E-state index is -0.238. The van der Waals surface area contributed by atoms with E-state index in [-0.39, 0.29) is 24.3 Å². The predicted octanol–water partition coefficient (Wildman–Crippen LogP) is 3.66. The molecule has 0 spiro atoms. The molecule has 0 fully saturated rings. The number of ether oxygens (including phenoxy) is 1. The highest BCUT2D eigenvalue weighted by Crippen LogP contribution is 2.25. The van der Waals surface area contributed by atoms with Crippen molar-refractivity contribution in [2.24, 2.45) is 7.05 Å². The number of hydrogen-bond donors (Lipinski definition) is 2. The molecule has 1 unspecified atom stereocenters. The van der Waals surface area contributed by atoms with Crippen LogP contribution in [0.15, 0.2) is 67.0 Å². The van der Waals surface area contributed by atoms with E-state index in [1.54, 1.807) is 31.6 Å². The normalized spacial score (nSPS) is 11.9. The van der Waals surface area contributed by atoms with Crippen molar-refractivity contribution in [1.82, 2.24) is 19.9 Å². The molecule has 2 aromatic carbocycles. The number of aromatic nitrogens is 3. The highest BCUT2D eigenvalue weighted by Gasteiger charge is 2.20. The van der Waals surface area contributed by atoms with Gasteiger partial charge in [-0.15, -0.1) is 0 Å². The van der Waals surface area contributed by atoms with Gasteiger partial charge >= 0.3 is 0 Å². The molecule has 2 aromatic heterocycles. The molecule has 1 atom stereocenters. The van der Waals surface area contributed by atoms with Crippen molar-refractivity contribution in [2.75, 3.05) is 12.4 Å². The van der Waals surface area contributed by atoms with Crippen molar-refractivity contribution in [1.29, 1.82) is 0 Å². The first-order valence-electron chi connectivity index (χ1n) is 11.5. The van der Waals surface area contributed by atoms with Crippen LogP contribution in [0.5, 0.6) is 0 Å². The van der Waals surface area contributed by atoms with Gasteiger partial charge in [-0.05, 0) is 42.7 Å². The van der Waals surface area contributed by atoms with E-state index in [0.29, 0.717) is 41.1 Å². The number of nitrogens with one attached hydrogen (secondary N) is 2. The summed E-state index contributed by atoms with van der Waals surface area (Å²) in [6.45, 7) is 2.26. The molecule has 4 aromatic rings. The van der Waals surface area contributed by atoms with Gasteiger partial charge in [0.1, 0.15) is 12.4 Å². The third-order valence-electron chi connectivity index (χ3n) is 5.71. The van der Waals surface area contributed by atoms with E-state index < -0.39 is 0 Å². The van der Waals surface area contributed by atoms with Gasteiger partial charge in [0.05, 0.1) is 23.0 Å². The number of pyridine rings is 1. The zero-order valence-corrected chi connectivity index (χ0v) is 20.1. The Morgan fingerprint density at radius 3 is 2.57 bits per heavy atom. The third kappa shape index (κ3) is 5.91. The molecule has 8 heteroatoms. The summed E-state index contributed by atoms with van der Waals surface area (Å²) in [4.78, 5) is 34.9. The van der Waals surface area contributed by atoms with Crippen LogP contribution in [-0.2, 0) is 36.0 Å². The van der Waals surface area contributed by atoms with E-state index in [1.165, 1.54) is 0 Å². The average Bonchev–Trinajstić information content (AvgIpc) is 3.15. The molecule has 2 amide bonds. The lowest BCUT2D eigenvalue weighted by Gasteiger charge is -2.16. The number of nitrogens with zero attached hydrogens (tertiary/aromatic N) is 3. The molecule has 0 aliphatic carbocycles. The van der Waals surface area contributed by atoms with E-state index in [9.17, 15) is 9.59 Å². The van der Waals surface area contributed by atoms with Gasteiger partial charge in [0.15, 0.2) is 0 Å². The number of methoxy groups -OCH3 is 1. The number of carbonyl (C=O) groups is 2. The molecule has 0 bridgehead atoms. The smallest absolute Gasteiger partial charge is 0.253 e. The minimum Gasteiger partial charge on any atom is -0.377 e. The molecular formula is C27H29N5O3. The SMILES string of the molecule is COCc1nc2cc(NC(=O)Cc3ccccc3)cc(C(=O)NC(C)Cc3cccnc3)c2n1C. The summed E-state index contributed by atoms with van der Waals surface area (Å²) in [6, 6.07) is 16.7. The zero-order valence-electron chi connectivity index (χ0n) is 20.1. The fourth-order valence-corrected chi connectivity index (χ4v) is 4.11.